The second-order valence-corrected chi connectivity index (χ2v) is 6.19. The van der Waals surface area contributed by atoms with Crippen LogP contribution in [0.15, 0.2) is 0 Å². The van der Waals surface area contributed by atoms with E-state index < -0.39 is 0 Å². The van der Waals surface area contributed by atoms with Crippen molar-refractivity contribution in [3.8, 4) is 0 Å². The zero-order valence-corrected chi connectivity index (χ0v) is 13.3. The Hall–Kier alpha value is -1.10. The molecule has 5 nitrogen and oxygen atoms in total. The third-order valence-corrected chi connectivity index (χ3v) is 4.79. The van der Waals surface area contributed by atoms with E-state index >= 15 is 0 Å². The van der Waals surface area contributed by atoms with Crippen molar-refractivity contribution in [2.24, 2.45) is 0 Å². The van der Waals surface area contributed by atoms with Crippen molar-refractivity contribution in [1.29, 1.82) is 0 Å². The first kappa shape index (κ1) is 16.3. The van der Waals surface area contributed by atoms with Crippen LogP contribution in [0.25, 0.3) is 0 Å². The molecule has 2 aliphatic heterocycles. The fourth-order valence-corrected chi connectivity index (χ4v) is 3.50. The lowest BCUT2D eigenvalue weighted by atomic mass is 9.99. The van der Waals surface area contributed by atoms with Gasteiger partial charge in [-0.2, -0.15) is 0 Å². The Labute approximate surface area is 127 Å². The minimum absolute atomic E-state index is 0.174. The summed E-state index contributed by atoms with van der Waals surface area (Å²) in [5.41, 5.74) is 0. The molecule has 0 saturated carbocycles. The summed E-state index contributed by atoms with van der Waals surface area (Å²) in [5, 5.41) is 0. The lowest BCUT2D eigenvalue weighted by Gasteiger charge is -2.39. The third-order valence-electron chi connectivity index (χ3n) is 4.79. The predicted octanol–water partition coefficient (Wildman–Crippen LogP) is 1.80. The molecule has 2 saturated heterocycles. The minimum Gasteiger partial charge on any atom is -0.468 e. The summed E-state index contributed by atoms with van der Waals surface area (Å²) in [6.45, 7) is 4.47. The quantitative estimate of drug-likeness (QED) is 0.745. The molecule has 2 aliphatic rings. The fourth-order valence-electron chi connectivity index (χ4n) is 3.50. The summed E-state index contributed by atoms with van der Waals surface area (Å²) in [5.74, 6) is -0.0297. The maximum Gasteiger partial charge on any atom is 0.323 e. The number of nitrogens with zero attached hydrogens (tertiary/aromatic N) is 2. The van der Waals surface area contributed by atoms with Crippen LogP contribution in [0.4, 0.5) is 0 Å². The number of esters is 1. The van der Waals surface area contributed by atoms with Crippen molar-refractivity contribution in [2.75, 3.05) is 26.7 Å². The van der Waals surface area contributed by atoms with Crippen LogP contribution >= 0.6 is 0 Å². The number of amides is 1. The van der Waals surface area contributed by atoms with E-state index in [0.29, 0.717) is 0 Å². The molecule has 0 radical (unpaired) electrons. The van der Waals surface area contributed by atoms with E-state index in [1.807, 2.05) is 16.7 Å². The highest BCUT2D eigenvalue weighted by atomic mass is 16.5. The van der Waals surface area contributed by atoms with Crippen LogP contribution in [0.3, 0.4) is 0 Å². The van der Waals surface area contributed by atoms with E-state index in [4.69, 9.17) is 4.74 Å². The molecule has 0 aliphatic carbocycles. The first-order chi connectivity index (χ1) is 10.1. The van der Waals surface area contributed by atoms with E-state index in [1.54, 1.807) is 0 Å². The molecule has 1 amide bonds. The van der Waals surface area contributed by atoms with Crippen LogP contribution in [0, 0.1) is 0 Å². The number of piperidine rings is 1. The van der Waals surface area contributed by atoms with Gasteiger partial charge in [0.05, 0.1) is 13.2 Å². The van der Waals surface area contributed by atoms with Gasteiger partial charge in [0, 0.05) is 13.1 Å². The number of hydrogen-bond acceptors (Lipinski definition) is 4. The van der Waals surface area contributed by atoms with Gasteiger partial charge in [0.2, 0.25) is 5.91 Å². The Morgan fingerprint density at radius 3 is 2.24 bits per heavy atom. The van der Waals surface area contributed by atoms with Gasteiger partial charge in [-0.25, -0.2) is 0 Å². The molecular weight excluding hydrogens is 268 g/mol. The van der Waals surface area contributed by atoms with E-state index in [9.17, 15) is 9.59 Å². The fraction of sp³-hybridized carbons (Fsp3) is 0.875. The van der Waals surface area contributed by atoms with Crippen LogP contribution in [0.5, 0.6) is 0 Å². The van der Waals surface area contributed by atoms with Crippen molar-refractivity contribution < 1.29 is 14.3 Å². The number of carbonyl (C=O) groups excluding carboxylic acids is 2. The van der Waals surface area contributed by atoms with Crippen molar-refractivity contribution in [2.45, 2.75) is 64.0 Å². The van der Waals surface area contributed by atoms with E-state index in [-0.39, 0.29) is 24.0 Å². The van der Waals surface area contributed by atoms with Gasteiger partial charge in [0.15, 0.2) is 0 Å². The maximum absolute atomic E-state index is 12.7. The topological polar surface area (TPSA) is 49.9 Å². The van der Waals surface area contributed by atoms with Crippen LogP contribution in [0.2, 0.25) is 0 Å². The van der Waals surface area contributed by atoms with Gasteiger partial charge >= 0.3 is 5.97 Å². The van der Waals surface area contributed by atoms with Gasteiger partial charge in [0.25, 0.3) is 0 Å². The van der Waals surface area contributed by atoms with Crippen molar-refractivity contribution >= 4 is 11.9 Å². The summed E-state index contributed by atoms with van der Waals surface area (Å²) in [7, 11) is 1.43. The Bertz CT molecular complexity index is 365. The summed E-state index contributed by atoms with van der Waals surface area (Å²) >= 11 is 0. The summed E-state index contributed by atoms with van der Waals surface area (Å²) < 4.78 is 4.91. The molecule has 0 N–H and O–H groups in total. The third kappa shape index (κ3) is 3.96. The van der Waals surface area contributed by atoms with Crippen molar-refractivity contribution in [1.82, 2.24) is 9.80 Å². The molecule has 2 heterocycles. The SMILES string of the molecule is COC(=O)[C@H]1CCCCN1C(C)C(=O)N1CCCCCC1. The predicted molar refractivity (Wildman–Crippen MR) is 80.9 cm³/mol. The molecule has 0 bridgehead atoms. The molecule has 0 aromatic carbocycles. The number of rotatable bonds is 3. The summed E-state index contributed by atoms with van der Waals surface area (Å²) in [4.78, 5) is 28.7. The second-order valence-electron chi connectivity index (χ2n) is 6.19. The van der Waals surface area contributed by atoms with Gasteiger partial charge in [-0.3, -0.25) is 14.5 Å². The minimum atomic E-state index is -0.255. The van der Waals surface area contributed by atoms with Gasteiger partial charge in [-0.05, 0) is 39.2 Å². The first-order valence-corrected chi connectivity index (χ1v) is 8.27. The average molecular weight is 296 g/mol. The Kier molecular flexibility index (Phi) is 6.03. The summed E-state index contributed by atoms with van der Waals surface area (Å²) in [6.07, 6.45) is 7.49. The molecule has 5 heteroatoms. The normalized spacial score (nSPS) is 26.0. The molecule has 2 atom stereocenters. The van der Waals surface area contributed by atoms with Crippen molar-refractivity contribution in [3.05, 3.63) is 0 Å². The molecule has 0 aromatic rings. The van der Waals surface area contributed by atoms with Gasteiger partial charge in [0.1, 0.15) is 6.04 Å². The number of ether oxygens (including phenoxy) is 1. The average Bonchev–Trinajstić information content (AvgIpc) is 2.82. The zero-order valence-electron chi connectivity index (χ0n) is 13.3. The van der Waals surface area contributed by atoms with Gasteiger partial charge in [-0.15, -0.1) is 0 Å². The van der Waals surface area contributed by atoms with Gasteiger partial charge in [-0.1, -0.05) is 19.3 Å². The molecular formula is C16H28N2O3. The van der Waals surface area contributed by atoms with E-state index in [0.717, 1.165) is 51.7 Å². The highest BCUT2D eigenvalue weighted by Gasteiger charge is 2.36. The van der Waals surface area contributed by atoms with Crippen LogP contribution in [-0.4, -0.2) is 60.5 Å². The lowest BCUT2D eigenvalue weighted by Crippen LogP contribution is -2.55. The smallest absolute Gasteiger partial charge is 0.323 e. The molecule has 0 spiro atoms. The molecule has 2 rings (SSSR count). The highest BCUT2D eigenvalue weighted by molar-refractivity contribution is 5.83. The largest absolute Gasteiger partial charge is 0.468 e. The number of likely N-dealkylation sites (tertiary alicyclic amines) is 2. The van der Waals surface area contributed by atoms with Crippen LogP contribution in [-0.2, 0) is 14.3 Å². The highest BCUT2D eigenvalue weighted by Crippen LogP contribution is 2.22. The molecule has 120 valence electrons. The Morgan fingerprint density at radius 1 is 1.00 bits per heavy atom. The number of methoxy groups -OCH3 is 1. The number of hydrogen-bond donors (Lipinski definition) is 0. The van der Waals surface area contributed by atoms with Crippen LogP contribution < -0.4 is 0 Å². The first-order valence-electron chi connectivity index (χ1n) is 8.27. The lowest BCUT2D eigenvalue weighted by molar-refractivity contribution is -0.152. The zero-order chi connectivity index (χ0) is 15.2. The molecule has 2 fully saturated rings. The van der Waals surface area contributed by atoms with E-state index in [2.05, 4.69) is 0 Å². The Balaban J connectivity index is 2.03. The van der Waals surface area contributed by atoms with E-state index in [1.165, 1.54) is 20.0 Å². The maximum atomic E-state index is 12.7. The van der Waals surface area contributed by atoms with Crippen molar-refractivity contribution in [3.63, 3.8) is 0 Å². The monoisotopic (exact) mass is 296 g/mol. The number of carbonyl (C=O) groups is 2. The molecule has 0 aromatic heterocycles. The van der Waals surface area contributed by atoms with Crippen LogP contribution in [0.1, 0.15) is 51.9 Å². The molecule has 21 heavy (non-hydrogen) atoms. The molecule has 1 unspecified atom stereocenters. The second kappa shape index (κ2) is 7.78. The summed E-state index contributed by atoms with van der Waals surface area (Å²) in [6, 6.07) is -0.484. The van der Waals surface area contributed by atoms with Gasteiger partial charge < -0.3 is 9.64 Å². The Morgan fingerprint density at radius 2 is 1.62 bits per heavy atom. The standard InChI is InChI=1S/C16H28N2O3/c1-13(15(19)17-10-6-3-4-7-11-17)18-12-8-5-9-14(18)16(20)21-2/h13-14H,3-12H2,1-2H3/t13?,14-/m1/s1.